The summed E-state index contributed by atoms with van der Waals surface area (Å²) in [6.45, 7) is 8.64. The zero-order valence-corrected chi connectivity index (χ0v) is 12.6. The Balaban J connectivity index is 1.80. The maximum absolute atomic E-state index is 9.74. The van der Waals surface area contributed by atoms with Crippen molar-refractivity contribution in [3.63, 3.8) is 0 Å². The first-order valence-electron chi connectivity index (χ1n) is 8.01. The quantitative estimate of drug-likeness (QED) is 0.530. The number of hydrogen-bond donors (Lipinski definition) is 2. The molecule has 1 rings (SSSR count). The predicted octanol–water partition coefficient (Wildman–Crippen LogP) is 1.63. The molecule has 1 atom stereocenters. The van der Waals surface area contributed by atoms with E-state index in [9.17, 15) is 5.11 Å². The Bertz CT molecular complexity index is 197. The molecule has 0 aromatic carbocycles. The van der Waals surface area contributed by atoms with Crippen molar-refractivity contribution in [1.82, 2.24) is 10.2 Å². The molecule has 0 radical (unpaired) electrons. The first-order chi connectivity index (χ1) is 9.33. The first-order valence-corrected chi connectivity index (χ1v) is 8.01. The van der Waals surface area contributed by atoms with Gasteiger partial charge in [0.05, 0.1) is 12.7 Å². The van der Waals surface area contributed by atoms with Gasteiger partial charge in [-0.2, -0.15) is 0 Å². The Morgan fingerprint density at radius 3 is 2.74 bits per heavy atom. The van der Waals surface area contributed by atoms with E-state index < -0.39 is 0 Å². The highest BCUT2D eigenvalue weighted by molar-refractivity contribution is 4.67. The molecule has 0 spiro atoms. The van der Waals surface area contributed by atoms with Crippen molar-refractivity contribution in [3.05, 3.63) is 0 Å². The number of unbranched alkanes of at least 4 members (excludes halogenated alkanes) is 3. The Morgan fingerprint density at radius 2 is 2.00 bits per heavy atom. The zero-order valence-electron chi connectivity index (χ0n) is 12.6. The average molecular weight is 272 g/mol. The SMILES string of the molecule is CCCCCCOCC(O)CNCCN1CCCC1. The number of aliphatic hydroxyl groups is 1. The summed E-state index contributed by atoms with van der Waals surface area (Å²) in [6.07, 6.45) is 7.20. The summed E-state index contributed by atoms with van der Waals surface area (Å²) in [5.41, 5.74) is 0. The molecule has 0 aromatic heterocycles. The standard InChI is InChI=1S/C15H32N2O2/c1-2-3-4-7-12-19-14-15(18)13-16-8-11-17-9-5-6-10-17/h15-16,18H,2-14H2,1H3. The van der Waals surface area contributed by atoms with E-state index in [1.807, 2.05) is 0 Å². The predicted molar refractivity (Wildman–Crippen MR) is 79.5 cm³/mol. The lowest BCUT2D eigenvalue weighted by Crippen LogP contribution is -2.35. The van der Waals surface area contributed by atoms with Crippen LogP contribution in [0.1, 0.15) is 45.4 Å². The molecule has 114 valence electrons. The maximum Gasteiger partial charge on any atom is 0.0897 e. The summed E-state index contributed by atoms with van der Waals surface area (Å²) in [4.78, 5) is 2.48. The summed E-state index contributed by atoms with van der Waals surface area (Å²) in [7, 11) is 0. The molecule has 1 saturated heterocycles. The molecule has 1 fully saturated rings. The largest absolute Gasteiger partial charge is 0.389 e. The highest BCUT2D eigenvalue weighted by Crippen LogP contribution is 2.05. The van der Waals surface area contributed by atoms with Gasteiger partial charge >= 0.3 is 0 Å². The maximum atomic E-state index is 9.74. The molecule has 0 amide bonds. The molecular formula is C15H32N2O2. The molecule has 4 heteroatoms. The van der Waals surface area contributed by atoms with Crippen LogP contribution in [0.3, 0.4) is 0 Å². The minimum Gasteiger partial charge on any atom is -0.389 e. The minimum absolute atomic E-state index is 0.371. The van der Waals surface area contributed by atoms with Crippen molar-refractivity contribution in [2.75, 3.05) is 45.9 Å². The van der Waals surface area contributed by atoms with Gasteiger partial charge < -0.3 is 20.1 Å². The van der Waals surface area contributed by atoms with E-state index in [-0.39, 0.29) is 6.10 Å². The molecule has 1 heterocycles. The van der Waals surface area contributed by atoms with E-state index in [0.717, 1.165) is 26.1 Å². The van der Waals surface area contributed by atoms with Crippen LogP contribution in [0.5, 0.6) is 0 Å². The lowest BCUT2D eigenvalue weighted by Gasteiger charge is -2.16. The van der Waals surface area contributed by atoms with Gasteiger partial charge in [-0.25, -0.2) is 0 Å². The fraction of sp³-hybridized carbons (Fsp3) is 1.00. The summed E-state index contributed by atoms with van der Waals surface area (Å²) < 4.78 is 5.47. The van der Waals surface area contributed by atoms with Crippen molar-refractivity contribution in [2.45, 2.75) is 51.6 Å². The molecule has 0 saturated carbocycles. The van der Waals surface area contributed by atoms with Gasteiger partial charge in [0.15, 0.2) is 0 Å². The average Bonchev–Trinajstić information content (AvgIpc) is 2.92. The molecule has 1 aliphatic heterocycles. The Hall–Kier alpha value is -0.160. The second-order valence-electron chi connectivity index (χ2n) is 5.54. The molecule has 1 aliphatic rings. The third-order valence-electron chi connectivity index (χ3n) is 3.64. The summed E-state index contributed by atoms with van der Waals surface area (Å²) >= 11 is 0. The smallest absolute Gasteiger partial charge is 0.0897 e. The third-order valence-corrected chi connectivity index (χ3v) is 3.64. The Kier molecular flexibility index (Phi) is 10.4. The van der Waals surface area contributed by atoms with Gasteiger partial charge in [-0.1, -0.05) is 26.2 Å². The van der Waals surface area contributed by atoms with E-state index in [1.165, 1.54) is 45.2 Å². The molecule has 19 heavy (non-hydrogen) atoms. The lowest BCUT2D eigenvalue weighted by atomic mass is 10.2. The van der Waals surface area contributed by atoms with Crippen molar-refractivity contribution in [1.29, 1.82) is 0 Å². The molecule has 0 bridgehead atoms. The van der Waals surface area contributed by atoms with Crippen LogP contribution in [-0.4, -0.2) is 62.0 Å². The third kappa shape index (κ3) is 9.38. The van der Waals surface area contributed by atoms with Gasteiger partial charge in [-0.3, -0.25) is 0 Å². The van der Waals surface area contributed by atoms with Crippen LogP contribution in [0.4, 0.5) is 0 Å². The Labute approximate surface area is 118 Å². The van der Waals surface area contributed by atoms with Gasteiger partial charge in [-0.05, 0) is 32.4 Å². The number of nitrogens with one attached hydrogen (secondary N) is 1. The van der Waals surface area contributed by atoms with Gasteiger partial charge in [0.2, 0.25) is 0 Å². The number of aliphatic hydroxyl groups excluding tert-OH is 1. The Morgan fingerprint density at radius 1 is 1.21 bits per heavy atom. The van der Waals surface area contributed by atoms with Crippen LogP contribution in [0.25, 0.3) is 0 Å². The van der Waals surface area contributed by atoms with Crippen LogP contribution in [-0.2, 0) is 4.74 Å². The molecule has 4 nitrogen and oxygen atoms in total. The number of likely N-dealkylation sites (tertiary alicyclic amines) is 1. The molecule has 2 N–H and O–H groups in total. The van der Waals surface area contributed by atoms with Crippen molar-refractivity contribution in [3.8, 4) is 0 Å². The summed E-state index contributed by atoms with van der Waals surface area (Å²) in [6, 6.07) is 0. The van der Waals surface area contributed by atoms with Crippen LogP contribution in [0.2, 0.25) is 0 Å². The normalized spacial score (nSPS) is 18.0. The fourth-order valence-corrected chi connectivity index (χ4v) is 2.42. The summed E-state index contributed by atoms with van der Waals surface area (Å²) in [5.74, 6) is 0. The van der Waals surface area contributed by atoms with Gasteiger partial charge in [0, 0.05) is 26.2 Å². The molecular weight excluding hydrogens is 240 g/mol. The van der Waals surface area contributed by atoms with Crippen LogP contribution in [0, 0.1) is 0 Å². The second kappa shape index (κ2) is 11.6. The topological polar surface area (TPSA) is 44.7 Å². The van der Waals surface area contributed by atoms with E-state index >= 15 is 0 Å². The van der Waals surface area contributed by atoms with E-state index in [1.54, 1.807) is 0 Å². The van der Waals surface area contributed by atoms with Crippen molar-refractivity contribution >= 4 is 0 Å². The number of rotatable bonds is 12. The minimum atomic E-state index is -0.371. The van der Waals surface area contributed by atoms with E-state index in [2.05, 4.69) is 17.1 Å². The fourth-order valence-electron chi connectivity index (χ4n) is 2.42. The van der Waals surface area contributed by atoms with Gasteiger partial charge in [-0.15, -0.1) is 0 Å². The van der Waals surface area contributed by atoms with Crippen LogP contribution in [0.15, 0.2) is 0 Å². The number of ether oxygens (including phenoxy) is 1. The van der Waals surface area contributed by atoms with E-state index in [4.69, 9.17) is 4.74 Å². The number of hydrogen-bond acceptors (Lipinski definition) is 4. The van der Waals surface area contributed by atoms with Crippen molar-refractivity contribution in [2.24, 2.45) is 0 Å². The van der Waals surface area contributed by atoms with Crippen LogP contribution < -0.4 is 5.32 Å². The highest BCUT2D eigenvalue weighted by Gasteiger charge is 2.10. The first kappa shape index (κ1) is 16.9. The van der Waals surface area contributed by atoms with Crippen molar-refractivity contribution < 1.29 is 9.84 Å². The molecule has 1 unspecified atom stereocenters. The second-order valence-corrected chi connectivity index (χ2v) is 5.54. The lowest BCUT2D eigenvalue weighted by molar-refractivity contribution is 0.0353. The monoisotopic (exact) mass is 272 g/mol. The number of nitrogens with zero attached hydrogens (tertiary/aromatic N) is 1. The zero-order chi connectivity index (χ0) is 13.8. The summed E-state index contributed by atoms with van der Waals surface area (Å²) in [5, 5.41) is 13.0. The highest BCUT2D eigenvalue weighted by atomic mass is 16.5. The van der Waals surface area contributed by atoms with E-state index in [0.29, 0.717) is 13.2 Å². The molecule has 0 aliphatic carbocycles. The van der Waals surface area contributed by atoms with Gasteiger partial charge in [0.1, 0.15) is 0 Å². The van der Waals surface area contributed by atoms with Crippen LogP contribution >= 0.6 is 0 Å². The molecule has 0 aromatic rings. The van der Waals surface area contributed by atoms with Gasteiger partial charge in [0.25, 0.3) is 0 Å².